The largest absolute Gasteiger partial charge is 0.288 e. The number of ketones is 1. The third-order valence-electron chi connectivity index (χ3n) is 2.96. The fourth-order valence-corrected chi connectivity index (χ4v) is 2.31. The highest BCUT2D eigenvalue weighted by molar-refractivity contribution is 6.41. The Balaban J connectivity index is 2.51. The Morgan fingerprint density at radius 1 is 0.944 bits per heavy atom. The Bertz CT molecular complexity index is 598. The average Bonchev–Trinajstić information content (AvgIpc) is 2.32. The van der Waals surface area contributed by atoms with Crippen LogP contribution in [0.15, 0.2) is 36.4 Å². The third kappa shape index (κ3) is 2.43. The van der Waals surface area contributed by atoms with Gasteiger partial charge in [0.15, 0.2) is 5.78 Å². The van der Waals surface area contributed by atoms with Crippen molar-refractivity contribution in [2.75, 3.05) is 0 Å². The molecule has 0 atom stereocenters. The Labute approximate surface area is 116 Å². The van der Waals surface area contributed by atoms with Crippen LogP contribution < -0.4 is 0 Å². The topological polar surface area (TPSA) is 17.1 Å². The predicted octanol–water partition coefficient (Wildman–Crippen LogP) is 4.84. The van der Waals surface area contributed by atoms with E-state index < -0.39 is 0 Å². The molecule has 0 unspecified atom stereocenters. The minimum absolute atomic E-state index is 0.145. The second-order valence-corrected chi connectivity index (χ2v) is 5.04. The summed E-state index contributed by atoms with van der Waals surface area (Å²) in [6.45, 7) is 3.98. The molecular formula is C15H12Cl2O. The molecule has 0 fully saturated rings. The van der Waals surface area contributed by atoms with E-state index in [9.17, 15) is 4.79 Å². The van der Waals surface area contributed by atoms with E-state index in [2.05, 4.69) is 0 Å². The third-order valence-corrected chi connectivity index (χ3v) is 3.59. The number of carbonyl (C=O) groups excluding carboxylic acids is 1. The summed E-state index contributed by atoms with van der Waals surface area (Å²) < 4.78 is 0. The molecular weight excluding hydrogens is 267 g/mol. The van der Waals surface area contributed by atoms with Crippen molar-refractivity contribution in [3.05, 3.63) is 68.7 Å². The SMILES string of the molecule is Cc1ccc(C(=O)c2c(Cl)cccc2Cl)cc1C. The lowest BCUT2D eigenvalue weighted by atomic mass is 9.99. The van der Waals surface area contributed by atoms with Gasteiger partial charge in [0.2, 0.25) is 0 Å². The Hall–Kier alpha value is -1.31. The van der Waals surface area contributed by atoms with Crippen molar-refractivity contribution in [1.29, 1.82) is 0 Å². The van der Waals surface area contributed by atoms with Crippen LogP contribution >= 0.6 is 23.2 Å². The van der Waals surface area contributed by atoms with Gasteiger partial charge in [0.1, 0.15) is 0 Å². The molecule has 2 rings (SSSR count). The van der Waals surface area contributed by atoms with Crippen molar-refractivity contribution in [3.8, 4) is 0 Å². The predicted molar refractivity (Wildman–Crippen MR) is 75.8 cm³/mol. The molecule has 0 aliphatic rings. The zero-order valence-electron chi connectivity index (χ0n) is 10.1. The first kappa shape index (κ1) is 13.1. The average molecular weight is 279 g/mol. The molecule has 0 aliphatic heterocycles. The number of benzene rings is 2. The van der Waals surface area contributed by atoms with Gasteiger partial charge in [0, 0.05) is 5.56 Å². The molecule has 18 heavy (non-hydrogen) atoms. The molecule has 3 heteroatoms. The monoisotopic (exact) mass is 278 g/mol. The molecule has 2 aromatic rings. The van der Waals surface area contributed by atoms with Crippen LogP contribution in [-0.4, -0.2) is 5.78 Å². The van der Waals surface area contributed by atoms with E-state index in [1.165, 1.54) is 0 Å². The molecule has 0 aromatic heterocycles. The van der Waals surface area contributed by atoms with E-state index in [0.717, 1.165) is 11.1 Å². The lowest BCUT2D eigenvalue weighted by molar-refractivity contribution is 0.103. The molecule has 2 aromatic carbocycles. The summed E-state index contributed by atoms with van der Waals surface area (Å²) >= 11 is 12.1. The van der Waals surface area contributed by atoms with Gasteiger partial charge in [0.25, 0.3) is 0 Å². The van der Waals surface area contributed by atoms with Gasteiger partial charge in [0.05, 0.1) is 15.6 Å². The first-order chi connectivity index (χ1) is 8.50. The van der Waals surface area contributed by atoms with Crippen LogP contribution in [0.2, 0.25) is 10.0 Å². The molecule has 0 amide bonds. The van der Waals surface area contributed by atoms with E-state index in [0.29, 0.717) is 21.2 Å². The van der Waals surface area contributed by atoms with Gasteiger partial charge >= 0.3 is 0 Å². The summed E-state index contributed by atoms with van der Waals surface area (Å²) in [6, 6.07) is 10.6. The highest BCUT2D eigenvalue weighted by Crippen LogP contribution is 2.27. The summed E-state index contributed by atoms with van der Waals surface area (Å²) in [5.74, 6) is -0.145. The van der Waals surface area contributed by atoms with Gasteiger partial charge in [-0.3, -0.25) is 4.79 Å². The molecule has 0 saturated carbocycles. The van der Waals surface area contributed by atoms with Crippen molar-refractivity contribution < 1.29 is 4.79 Å². The first-order valence-corrected chi connectivity index (χ1v) is 6.32. The standard InChI is InChI=1S/C15H12Cl2O/c1-9-6-7-11(8-10(9)2)15(18)14-12(16)4-3-5-13(14)17/h3-8H,1-2H3. The fourth-order valence-electron chi connectivity index (χ4n) is 1.74. The second kappa shape index (κ2) is 5.13. The molecule has 0 spiro atoms. The zero-order valence-corrected chi connectivity index (χ0v) is 11.6. The second-order valence-electron chi connectivity index (χ2n) is 4.22. The van der Waals surface area contributed by atoms with Crippen LogP contribution in [0.25, 0.3) is 0 Å². The molecule has 0 N–H and O–H groups in total. The quantitative estimate of drug-likeness (QED) is 0.719. The lowest BCUT2D eigenvalue weighted by Crippen LogP contribution is -2.04. The Kier molecular flexibility index (Phi) is 3.74. The van der Waals surface area contributed by atoms with Crippen molar-refractivity contribution in [2.24, 2.45) is 0 Å². The van der Waals surface area contributed by atoms with Crippen LogP contribution in [0.1, 0.15) is 27.0 Å². The summed E-state index contributed by atoms with van der Waals surface area (Å²) in [6.07, 6.45) is 0. The smallest absolute Gasteiger partial charge is 0.196 e. The van der Waals surface area contributed by atoms with Crippen molar-refractivity contribution in [3.63, 3.8) is 0 Å². The van der Waals surface area contributed by atoms with Gasteiger partial charge in [-0.1, -0.05) is 41.4 Å². The van der Waals surface area contributed by atoms with E-state index in [1.54, 1.807) is 24.3 Å². The maximum Gasteiger partial charge on any atom is 0.196 e. The normalized spacial score (nSPS) is 10.4. The Morgan fingerprint density at radius 2 is 1.56 bits per heavy atom. The summed E-state index contributed by atoms with van der Waals surface area (Å²) in [5.41, 5.74) is 3.19. The maximum atomic E-state index is 12.4. The molecule has 0 bridgehead atoms. The highest BCUT2D eigenvalue weighted by Gasteiger charge is 2.16. The van der Waals surface area contributed by atoms with Gasteiger partial charge < -0.3 is 0 Å². The van der Waals surface area contributed by atoms with Crippen molar-refractivity contribution in [1.82, 2.24) is 0 Å². The Morgan fingerprint density at radius 3 is 2.11 bits per heavy atom. The molecule has 0 saturated heterocycles. The minimum Gasteiger partial charge on any atom is -0.288 e. The molecule has 1 nitrogen and oxygen atoms in total. The van der Waals surface area contributed by atoms with Gasteiger partial charge in [-0.05, 0) is 43.2 Å². The molecule has 92 valence electrons. The van der Waals surface area contributed by atoms with E-state index in [-0.39, 0.29) is 5.78 Å². The summed E-state index contributed by atoms with van der Waals surface area (Å²) in [4.78, 5) is 12.4. The van der Waals surface area contributed by atoms with Crippen LogP contribution in [0.3, 0.4) is 0 Å². The van der Waals surface area contributed by atoms with Crippen LogP contribution in [0, 0.1) is 13.8 Å². The highest BCUT2D eigenvalue weighted by atomic mass is 35.5. The lowest BCUT2D eigenvalue weighted by Gasteiger charge is -2.07. The molecule has 0 aliphatic carbocycles. The number of hydrogen-bond donors (Lipinski definition) is 0. The summed E-state index contributed by atoms with van der Waals surface area (Å²) in [5, 5.41) is 0.761. The zero-order chi connectivity index (χ0) is 13.3. The van der Waals surface area contributed by atoms with Gasteiger partial charge in [-0.2, -0.15) is 0 Å². The van der Waals surface area contributed by atoms with Gasteiger partial charge in [-0.15, -0.1) is 0 Å². The van der Waals surface area contributed by atoms with Gasteiger partial charge in [-0.25, -0.2) is 0 Å². The fraction of sp³-hybridized carbons (Fsp3) is 0.133. The number of aryl methyl sites for hydroxylation is 2. The van der Waals surface area contributed by atoms with Crippen molar-refractivity contribution in [2.45, 2.75) is 13.8 Å². The minimum atomic E-state index is -0.145. The first-order valence-electron chi connectivity index (χ1n) is 5.56. The van der Waals surface area contributed by atoms with E-state index >= 15 is 0 Å². The number of halogens is 2. The number of carbonyl (C=O) groups is 1. The van der Waals surface area contributed by atoms with Crippen LogP contribution in [0.4, 0.5) is 0 Å². The van der Waals surface area contributed by atoms with E-state index in [4.69, 9.17) is 23.2 Å². The number of rotatable bonds is 2. The molecule has 0 radical (unpaired) electrons. The molecule has 0 heterocycles. The maximum absolute atomic E-state index is 12.4. The van der Waals surface area contributed by atoms with Crippen molar-refractivity contribution >= 4 is 29.0 Å². The van der Waals surface area contributed by atoms with E-state index in [1.807, 2.05) is 26.0 Å². The number of hydrogen-bond acceptors (Lipinski definition) is 1. The summed E-state index contributed by atoms with van der Waals surface area (Å²) in [7, 11) is 0. The van der Waals surface area contributed by atoms with Crippen LogP contribution in [0.5, 0.6) is 0 Å². The van der Waals surface area contributed by atoms with Crippen LogP contribution in [-0.2, 0) is 0 Å².